The summed E-state index contributed by atoms with van der Waals surface area (Å²) in [5, 5.41) is 12.1. The second-order valence-electron chi connectivity index (χ2n) is 6.48. The first-order valence-electron chi connectivity index (χ1n) is 7.49. The fourth-order valence-corrected chi connectivity index (χ4v) is 3.05. The molecule has 2 N–H and O–H groups in total. The van der Waals surface area contributed by atoms with Crippen LogP contribution in [0.2, 0.25) is 0 Å². The Balaban J connectivity index is 1.90. The third-order valence-corrected chi connectivity index (χ3v) is 4.50. The molecule has 0 aromatic heterocycles. The molecule has 1 aliphatic rings. The molecule has 110 valence electrons. The van der Waals surface area contributed by atoms with E-state index in [0.717, 1.165) is 30.4 Å². The molecule has 0 radical (unpaired) electrons. The predicted molar refractivity (Wildman–Crippen MR) is 80.0 cm³/mol. The lowest BCUT2D eigenvalue weighted by Crippen LogP contribution is -2.40. The molecular formula is C17H25NO2. The van der Waals surface area contributed by atoms with Crippen LogP contribution in [0.4, 0.5) is 0 Å². The average Bonchev–Trinajstić information content (AvgIpc) is 2.45. The number of carbonyl (C=O) groups is 1. The SMILES string of the molecule is CC1(C)CCCCC1C(=O)NCc1ccc(CO)cc1. The molecule has 2 rings (SSSR count). The lowest BCUT2D eigenvalue weighted by molar-refractivity contribution is -0.130. The molecule has 1 atom stereocenters. The van der Waals surface area contributed by atoms with E-state index in [1.165, 1.54) is 6.42 Å². The van der Waals surface area contributed by atoms with Crippen molar-refractivity contribution in [3.8, 4) is 0 Å². The van der Waals surface area contributed by atoms with Gasteiger partial charge in [0.1, 0.15) is 0 Å². The molecule has 1 unspecified atom stereocenters. The topological polar surface area (TPSA) is 49.3 Å². The van der Waals surface area contributed by atoms with E-state index in [0.29, 0.717) is 6.54 Å². The van der Waals surface area contributed by atoms with E-state index in [2.05, 4.69) is 19.2 Å². The smallest absolute Gasteiger partial charge is 0.223 e. The molecule has 3 heteroatoms. The molecule has 0 saturated heterocycles. The number of hydrogen-bond donors (Lipinski definition) is 2. The third kappa shape index (κ3) is 3.60. The molecule has 1 saturated carbocycles. The van der Waals surface area contributed by atoms with Gasteiger partial charge in [0.25, 0.3) is 0 Å². The van der Waals surface area contributed by atoms with Crippen LogP contribution in [0.3, 0.4) is 0 Å². The molecule has 3 nitrogen and oxygen atoms in total. The molecule has 0 spiro atoms. The van der Waals surface area contributed by atoms with Crippen molar-refractivity contribution in [2.24, 2.45) is 11.3 Å². The van der Waals surface area contributed by atoms with Gasteiger partial charge in [-0.2, -0.15) is 0 Å². The molecule has 0 bridgehead atoms. The van der Waals surface area contributed by atoms with Gasteiger partial charge in [-0.25, -0.2) is 0 Å². The zero-order chi connectivity index (χ0) is 14.6. The second kappa shape index (κ2) is 6.40. The quantitative estimate of drug-likeness (QED) is 0.887. The summed E-state index contributed by atoms with van der Waals surface area (Å²) >= 11 is 0. The number of hydrogen-bond acceptors (Lipinski definition) is 2. The van der Waals surface area contributed by atoms with Crippen LogP contribution in [0.5, 0.6) is 0 Å². The Morgan fingerprint density at radius 3 is 2.50 bits per heavy atom. The van der Waals surface area contributed by atoms with Gasteiger partial charge in [-0.15, -0.1) is 0 Å². The summed E-state index contributed by atoms with van der Waals surface area (Å²) in [6, 6.07) is 7.70. The summed E-state index contributed by atoms with van der Waals surface area (Å²) < 4.78 is 0. The number of carbonyl (C=O) groups excluding carboxylic acids is 1. The van der Waals surface area contributed by atoms with E-state index in [4.69, 9.17) is 5.11 Å². The van der Waals surface area contributed by atoms with Gasteiger partial charge in [0.15, 0.2) is 0 Å². The van der Waals surface area contributed by atoms with Crippen LogP contribution < -0.4 is 5.32 Å². The Labute approximate surface area is 121 Å². The number of aliphatic hydroxyl groups is 1. The fourth-order valence-electron chi connectivity index (χ4n) is 3.05. The van der Waals surface area contributed by atoms with Gasteiger partial charge < -0.3 is 10.4 Å². The van der Waals surface area contributed by atoms with Crippen LogP contribution in [-0.2, 0) is 17.9 Å². The molecule has 1 aromatic rings. The van der Waals surface area contributed by atoms with Crippen LogP contribution in [0.1, 0.15) is 50.7 Å². The minimum Gasteiger partial charge on any atom is -0.392 e. The van der Waals surface area contributed by atoms with Crippen molar-refractivity contribution in [2.45, 2.75) is 52.7 Å². The summed E-state index contributed by atoms with van der Waals surface area (Å²) in [4.78, 5) is 12.4. The zero-order valence-electron chi connectivity index (χ0n) is 12.5. The van der Waals surface area contributed by atoms with Crippen molar-refractivity contribution in [3.05, 3.63) is 35.4 Å². The summed E-state index contributed by atoms with van der Waals surface area (Å²) in [6.45, 7) is 5.03. The molecule has 20 heavy (non-hydrogen) atoms. The standard InChI is InChI=1S/C17H25NO2/c1-17(2)10-4-3-5-15(17)16(20)18-11-13-6-8-14(12-19)9-7-13/h6-9,15,19H,3-5,10-12H2,1-2H3,(H,18,20). The van der Waals surface area contributed by atoms with Crippen molar-refractivity contribution in [3.63, 3.8) is 0 Å². The van der Waals surface area contributed by atoms with Crippen molar-refractivity contribution in [2.75, 3.05) is 0 Å². The van der Waals surface area contributed by atoms with Gasteiger partial charge in [-0.1, -0.05) is 51.0 Å². The van der Waals surface area contributed by atoms with Crippen LogP contribution in [0, 0.1) is 11.3 Å². The van der Waals surface area contributed by atoms with Crippen LogP contribution in [0.25, 0.3) is 0 Å². The molecular weight excluding hydrogens is 250 g/mol. The zero-order valence-corrected chi connectivity index (χ0v) is 12.5. The molecule has 1 aliphatic carbocycles. The van der Waals surface area contributed by atoms with Crippen molar-refractivity contribution in [1.82, 2.24) is 5.32 Å². The number of aliphatic hydroxyl groups excluding tert-OH is 1. The van der Waals surface area contributed by atoms with Crippen molar-refractivity contribution >= 4 is 5.91 Å². The highest BCUT2D eigenvalue weighted by molar-refractivity contribution is 5.79. The van der Waals surface area contributed by atoms with Gasteiger partial charge in [0.05, 0.1) is 6.61 Å². The van der Waals surface area contributed by atoms with Gasteiger partial charge in [0, 0.05) is 12.5 Å². The van der Waals surface area contributed by atoms with Crippen LogP contribution in [0.15, 0.2) is 24.3 Å². The highest BCUT2D eigenvalue weighted by atomic mass is 16.3. The third-order valence-electron chi connectivity index (χ3n) is 4.50. The van der Waals surface area contributed by atoms with E-state index in [-0.39, 0.29) is 23.8 Å². The Morgan fingerprint density at radius 1 is 1.25 bits per heavy atom. The second-order valence-corrected chi connectivity index (χ2v) is 6.48. The molecule has 1 amide bonds. The van der Waals surface area contributed by atoms with E-state index < -0.39 is 0 Å². The van der Waals surface area contributed by atoms with Crippen molar-refractivity contribution in [1.29, 1.82) is 0 Å². The summed E-state index contributed by atoms with van der Waals surface area (Å²) in [6.07, 6.45) is 4.53. The van der Waals surface area contributed by atoms with E-state index in [9.17, 15) is 4.79 Å². The highest BCUT2D eigenvalue weighted by Gasteiger charge is 2.36. The minimum absolute atomic E-state index is 0.0584. The number of benzene rings is 1. The molecule has 1 aromatic carbocycles. The van der Waals surface area contributed by atoms with Crippen LogP contribution >= 0.6 is 0 Å². The maximum atomic E-state index is 12.4. The number of amides is 1. The molecule has 0 aliphatic heterocycles. The highest BCUT2D eigenvalue weighted by Crippen LogP contribution is 2.40. The Kier molecular flexibility index (Phi) is 4.81. The van der Waals surface area contributed by atoms with E-state index >= 15 is 0 Å². The van der Waals surface area contributed by atoms with E-state index in [1.54, 1.807) is 0 Å². The first-order chi connectivity index (χ1) is 9.53. The molecule has 1 fully saturated rings. The van der Waals surface area contributed by atoms with Crippen molar-refractivity contribution < 1.29 is 9.90 Å². The Hall–Kier alpha value is -1.35. The Morgan fingerprint density at radius 2 is 1.90 bits per heavy atom. The maximum Gasteiger partial charge on any atom is 0.223 e. The fraction of sp³-hybridized carbons (Fsp3) is 0.588. The molecule has 0 heterocycles. The first-order valence-corrected chi connectivity index (χ1v) is 7.49. The van der Waals surface area contributed by atoms with Gasteiger partial charge >= 0.3 is 0 Å². The maximum absolute atomic E-state index is 12.4. The summed E-state index contributed by atoms with van der Waals surface area (Å²) in [7, 11) is 0. The normalized spacial score (nSPS) is 21.4. The lowest BCUT2D eigenvalue weighted by Gasteiger charge is -2.37. The number of nitrogens with one attached hydrogen (secondary N) is 1. The largest absolute Gasteiger partial charge is 0.392 e. The summed E-state index contributed by atoms with van der Waals surface area (Å²) in [5.74, 6) is 0.314. The summed E-state index contributed by atoms with van der Waals surface area (Å²) in [5.41, 5.74) is 2.08. The first kappa shape index (κ1) is 15.0. The van der Waals surface area contributed by atoms with E-state index in [1.807, 2.05) is 24.3 Å². The van der Waals surface area contributed by atoms with Crippen LogP contribution in [-0.4, -0.2) is 11.0 Å². The van der Waals surface area contributed by atoms with Gasteiger partial charge in [0.2, 0.25) is 5.91 Å². The van der Waals surface area contributed by atoms with Gasteiger partial charge in [-0.3, -0.25) is 4.79 Å². The number of rotatable bonds is 4. The average molecular weight is 275 g/mol. The lowest BCUT2D eigenvalue weighted by atomic mass is 9.68. The predicted octanol–water partition coefficient (Wildman–Crippen LogP) is 3.01. The Bertz CT molecular complexity index is 451. The van der Waals surface area contributed by atoms with Gasteiger partial charge in [-0.05, 0) is 29.4 Å². The minimum atomic E-state index is 0.0584. The monoisotopic (exact) mass is 275 g/mol.